The van der Waals surface area contributed by atoms with Crippen LogP contribution < -0.4 is 5.32 Å². The van der Waals surface area contributed by atoms with Crippen molar-refractivity contribution < 1.29 is 9.18 Å². The van der Waals surface area contributed by atoms with Gasteiger partial charge in [0, 0.05) is 6.04 Å². The fourth-order valence-electron chi connectivity index (χ4n) is 3.97. The van der Waals surface area contributed by atoms with E-state index in [4.69, 9.17) is 11.6 Å². The number of benzene rings is 1. The van der Waals surface area contributed by atoms with Crippen molar-refractivity contribution in [2.45, 2.75) is 38.6 Å². The van der Waals surface area contributed by atoms with Crippen molar-refractivity contribution in [1.29, 1.82) is 0 Å². The van der Waals surface area contributed by atoms with Gasteiger partial charge in [0.15, 0.2) is 0 Å². The van der Waals surface area contributed by atoms with Crippen LogP contribution in [0.25, 0.3) is 0 Å². The van der Waals surface area contributed by atoms with Crippen molar-refractivity contribution in [1.82, 2.24) is 5.32 Å². The number of amides is 1. The summed E-state index contributed by atoms with van der Waals surface area (Å²) in [5, 5.41) is 3.21. The molecule has 0 saturated heterocycles. The summed E-state index contributed by atoms with van der Waals surface area (Å²) in [6.45, 7) is 2.07. The molecule has 1 aromatic carbocycles. The molecule has 20 heavy (non-hydrogen) atoms. The molecule has 0 unspecified atom stereocenters. The maximum Gasteiger partial charge on any atom is 0.253 e. The lowest BCUT2D eigenvalue weighted by Crippen LogP contribution is -2.40. The van der Waals surface area contributed by atoms with Crippen LogP contribution in [-0.2, 0) is 0 Å². The molecule has 0 aliphatic heterocycles. The first-order valence-corrected chi connectivity index (χ1v) is 7.68. The molecular formula is C16H19ClFNO. The third-order valence-electron chi connectivity index (χ3n) is 4.97. The second-order valence-electron chi connectivity index (χ2n) is 6.23. The molecule has 2 aliphatic carbocycles. The predicted octanol–water partition coefficient (Wildman–Crippen LogP) is 4.03. The summed E-state index contributed by atoms with van der Waals surface area (Å²) in [4.78, 5) is 12.2. The maximum absolute atomic E-state index is 13.0. The second kappa shape index (κ2) is 5.36. The van der Waals surface area contributed by atoms with E-state index >= 15 is 0 Å². The Labute approximate surface area is 123 Å². The normalized spacial score (nSPS) is 29.4. The molecule has 2 bridgehead atoms. The van der Waals surface area contributed by atoms with Crippen molar-refractivity contribution in [3.05, 3.63) is 34.6 Å². The van der Waals surface area contributed by atoms with E-state index in [1.165, 1.54) is 43.9 Å². The van der Waals surface area contributed by atoms with E-state index in [-0.39, 0.29) is 17.0 Å². The average Bonchev–Trinajstić information content (AvgIpc) is 3.00. The van der Waals surface area contributed by atoms with Gasteiger partial charge in [0.1, 0.15) is 5.82 Å². The Morgan fingerprint density at radius 3 is 2.80 bits per heavy atom. The van der Waals surface area contributed by atoms with Gasteiger partial charge in [-0.05, 0) is 62.1 Å². The van der Waals surface area contributed by atoms with Crippen molar-refractivity contribution in [3.8, 4) is 0 Å². The molecule has 0 spiro atoms. The Bertz CT molecular complexity index is 533. The summed E-state index contributed by atoms with van der Waals surface area (Å²) in [6, 6.07) is 4.04. The van der Waals surface area contributed by atoms with E-state index in [1.54, 1.807) is 0 Å². The zero-order valence-electron chi connectivity index (χ0n) is 11.5. The van der Waals surface area contributed by atoms with E-state index < -0.39 is 5.82 Å². The minimum absolute atomic E-state index is 0.152. The zero-order valence-corrected chi connectivity index (χ0v) is 12.3. The van der Waals surface area contributed by atoms with Gasteiger partial charge in [-0.25, -0.2) is 4.39 Å². The Morgan fingerprint density at radius 1 is 1.40 bits per heavy atom. The lowest BCUT2D eigenvalue weighted by molar-refractivity contribution is 0.0915. The number of hydrogen-bond donors (Lipinski definition) is 1. The van der Waals surface area contributed by atoms with Gasteiger partial charge in [0.2, 0.25) is 0 Å². The summed E-state index contributed by atoms with van der Waals surface area (Å²) in [5.74, 6) is 1.58. The maximum atomic E-state index is 13.0. The number of rotatable bonds is 3. The Morgan fingerprint density at radius 2 is 2.20 bits per heavy atom. The predicted molar refractivity (Wildman–Crippen MR) is 77.3 cm³/mol. The van der Waals surface area contributed by atoms with Crippen molar-refractivity contribution in [2.75, 3.05) is 0 Å². The van der Waals surface area contributed by atoms with Crippen LogP contribution in [0.5, 0.6) is 0 Å². The van der Waals surface area contributed by atoms with E-state index in [0.29, 0.717) is 11.5 Å². The molecule has 0 aromatic heterocycles. The van der Waals surface area contributed by atoms with Crippen molar-refractivity contribution in [2.24, 2.45) is 17.8 Å². The second-order valence-corrected chi connectivity index (χ2v) is 6.63. The Hall–Kier alpha value is -1.09. The summed E-state index contributed by atoms with van der Waals surface area (Å²) < 4.78 is 13.0. The zero-order chi connectivity index (χ0) is 14.3. The van der Waals surface area contributed by atoms with Gasteiger partial charge >= 0.3 is 0 Å². The van der Waals surface area contributed by atoms with Crippen LogP contribution in [-0.4, -0.2) is 11.9 Å². The number of nitrogens with one attached hydrogen (secondary N) is 1. The van der Waals surface area contributed by atoms with Crippen LogP contribution in [0.4, 0.5) is 4.39 Å². The summed E-state index contributed by atoms with van der Waals surface area (Å²) in [7, 11) is 0. The summed E-state index contributed by atoms with van der Waals surface area (Å²) in [5.41, 5.74) is 0.350. The SMILES string of the molecule is C[C@@H](NC(=O)c1ccc(F)cc1Cl)[C@H]1C[C@@H]2CC[C@H]1C2. The van der Waals surface area contributed by atoms with E-state index in [9.17, 15) is 9.18 Å². The molecule has 2 saturated carbocycles. The Kier molecular flexibility index (Phi) is 3.72. The lowest BCUT2D eigenvalue weighted by atomic mass is 9.84. The highest BCUT2D eigenvalue weighted by Gasteiger charge is 2.42. The molecule has 2 aliphatic rings. The van der Waals surface area contributed by atoms with Gasteiger partial charge < -0.3 is 5.32 Å². The van der Waals surface area contributed by atoms with Crippen LogP contribution in [0.2, 0.25) is 5.02 Å². The topological polar surface area (TPSA) is 29.1 Å². The molecule has 3 rings (SSSR count). The number of carbonyl (C=O) groups is 1. The van der Waals surface area contributed by atoms with Crippen LogP contribution in [0.3, 0.4) is 0 Å². The smallest absolute Gasteiger partial charge is 0.253 e. The monoisotopic (exact) mass is 295 g/mol. The van der Waals surface area contributed by atoms with Gasteiger partial charge in [-0.3, -0.25) is 4.79 Å². The van der Waals surface area contributed by atoms with Crippen LogP contribution in [0.1, 0.15) is 43.0 Å². The molecule has 0 radical (unpaired) electrons. The number of fused-ring (bicyclic) bond motifs is 2. The van der Waals surface area contributed by atoms with Crippen LogP contribution in [0, 0.1) is 23.6 Å². The third kappa shape index (κ3) is 2.56. The van der Waals surface area contributed by atoms with Crippen molar-refractivity contribution >= 4 is 17.5 Å². The highest BCUT2D eigenvalue weighted by atomic mass is 35.5. The Balaban J connectivity index is 1.66. The van der Waals surface area contributed by atoms with E-state index in [0.717, 1.165) is 11.8 Å². The average molecular weight is 296 g/mol. The third-order valence-corrected chi connectivity index (χ3v) is 5.28. The number of hydrogen-bond acceptors (Lipinski definition) is 1. The molecule has 108 valence electrons. The van der Waals surface area contributed by atoms with Crippen molar-refractivity contribution in [3.63, 3.8) is 0 Å². The molecule has 2 fully saturated rings. The number of halogens is 2. The lowest BCUT2D eigenvalue weighted by Gasteiger charge is -2.28. The minimum Gasteiger partial charge on any atom is -0.349 e. The van der Waals surface area contributed by atoms with Gasteiger partial charge in [-0.1, -0.05) is 18.0 Å². The largest absolute Gasteiger partial charge is 0.349 e. The minimum atomic E-state index is -0.423. The first kappa shape index (κ1) is 13.9. The molecular weight excluding hydrogens is 277 g/mol. The molecule has 2 nitrogen and oxygen atoms in total. The van der Waals surface area contributed by atoms with E-state index in [2.05, 4.69) is 12.2 Å². The van der Waals surface area contributed by atoms with Crippen LogP contribution >= 0.6 is 11.6 Å². The molecule has 0 heterocycles. The van der Waals surface area contributed by atoms with E-state index in [1.807, 2.05) is 0 Å². The molecule has 1 aromatic rings. The van der Waals surface area contributed by atoms with Gasteiger partial charge in [-0.15, -0.1) is 0 Å². The van der Waals surface area contributed by atoms with Crippen LogP contribution in [0.15, 0.2) is 18.2 Å². The quantitative estimate of drug-likeness (QED) is 0.896. The standard InChI is InChI=1S/C16H19ClFNO/c1-9(14-7-10-2-3-11(14)6-10)19-16(20)13-5-4-12(18)8-15(13)17/h4-5,8-11,14H,2-3,6-7H2,1H3,(H,19,20)/t9-,10-,11+,14-/m1/s1. The molecule has 4 heteroatoms. The molecule has 1 N–H and O–H groups in total. The van der Waals surface area contributed by atoms with Gasteiger partial charge in [0.05, 0.1) is 10.6 Å². The van der Waals surface area contributed by atoms with Gasteiger partial charge in [0.25, 0.3) is 5.91 Å². The number of carbonyl (C=O) groups excluding carboxylic acids is 1. The fourth-order valence-corrected chi connectivity index (χ4v) is 4.22. The summed E-state index contributed by atoms with van der Waals surface area (Å²) in [6.07, 6.45) is 5.20. The highest BCUT2D eigenvalue weighted by Crippen LogP contribution is 2.49. The first-order chi connectivity index (χ1) is 9.54. The summed E-state index contributed by atoms with van der Waals surface area (Å²) >= 11 is 5.93. The molecule has 4 atom stereocenters. The van der Waals surface area contributed by atoms with Gasteiger partial charge in [-0.2, -0.15) is 0 Å². The highest BCUT2D eigenvalue weighted by molar-refractivity contribution is 6.33. The first-order valence-electron chi connectivity index (χ1n) is 7.30. The molecule has 1 amide bonds. The fraction of sp³-hybridized carbons (Fsp3) is 0.562.